The molecule has 4 nitrogen and oxygen atoms in total. The average molecular weight is 296 g/mol. The van der Waals surface area contributed by atoms with Crippen LogP contribution in [0.5, 0.6) is 0 Å². The van der Waals surface area contributed by atoms with Crippen molar-refractivity contribution in [3.63, 3.8) is 0 Å². The maximum atomic E-state index is 14.0. The fraction of sp³-hybridized carbons (Fsp3) is 0.286. The monoisotopic (exact) mass is 295 g/mol. The summed E-state index contributed by atoms with van der Waals surface area (Å²) in [4.78, 5) is 8.59. The summed E-state index contributed by atoms with van der Waals surface area (Å²) in [6.07, 6.45) is 0. The van der Waals surface area contributed by atoms with Gasteiger partial charge in [0.2, 0.25) is 0 Å². The Morgan fingerprint density at radius 3 is 2.75 bits per heavy atom. The van der Waals surface area contributed by atoms with Gasteiger partial charge in [-0.25, -0.2) is 14.4 Å². The van der Waals surface area contributed by atoms with Gasteiger partial charge in [-0.1, -0.05) is 11.6 Å². The summed E-state index contributed by atoms with van der Waals surface area (Å²) in [5, 5.41) is 3.28. The van der Waals surface area contributed by atoms with Gasteiger partial charge >= 0.3 is 0 Å². The second-order valence-electron chi connectivity index (χ2n) is 4.07. The number of nitrogens with one attached hydrogen (secondary N) is 1. The first-order valence-electron chi connectivity index (χ1n) is 6.23. The number of aromatic nitrogens is 2. The van der Waals surface area contributed by atoms with Gasteiger partial charge in [-0.3, -0.25) is 0 Å². The molecule has 0 spiro atoms. The highest BCUT2D eigenvalue weighted by atomic mass is 35.5. The van der Waals surface area contributed by atoms with Gasteiger partial charge in [0.1, 0.15) is 18.2 Å². The van der Waals surface area contributed by atoms with Crippen molar-refractivity contribution < 1.29 is 9.13 Å². The number of halogens is 2. The van der Waals surface area contributed by atoms with Crippen LogP contribution in [0.3, 0.4) is 0 Å². The Kier molecular flexibility index (Phi) is 4.87. The molecule has 0 aliphatic heterocycles. The van der Waals surface area contributed by atoms with E-state index in [0.29, 0.717) is 34.5 Å². The zero-order valence-electron chi connectivity index (χ0n) is 11.3. The highest BCUT2D eigenvalue weighted by Crippen LogP contribution is 2.25. The molecule has 6 heteroatoms. The minimum Gasteiger partial charge on any atom is -0.374 e. The minimum atomic E-state index is -0.416. The van der Waals surface area contributed by atoms with Crippen LogP contribution in [0, 0.1) is 5.82 Å². The Labute approximate surface area is 122 Å². The second kappa shape index (κ2) is 6.63. The van der Waals surface area contributed by atoms with Crippen LogP contribution in [0.2, 0.25) is 5.02 Å². The molecular weight excluding hydrogens is 281 g/mol. The first-order chi connectivity index (χ1) is 9.63. The van der Waals surface area contributed by atoms with Crippen LogP contribution in [0.4, 0.5) is 10.2 Å². The van der Waals surface area contributed by atoms with Crippen LogP contribution in [0.25, 0.3) is 11.3 Å². The highest BCUT2D eigenvalue weighted by molar-refractivity contribution is 6.30. The van der Waals surface area contributed by atoms with Gasteiger partial charge in [-0.15, -0.1) is 0 Å². The van der Waals surface area contributed by atoms with E-state index >= 15 is 0 Å². The molecule has 1 N–H and O–H groups in total. The predicted molar refractivity (Wildman–Crippen MR) is 77.3 cm³/mol. The Hall–Kier alpha value is -1.72. The summed E-state index contributed by atoms with van der Waals surface area (Å²) in [5.41, 5.74) is 0.874. The smallest absolute Gasteiger partial charge is 0.157 e. The van der Waals surface area contributed by atoms with Crippen molar-refractivity contribution in [3.05, 3.63) is 40.9 Å². The predicted octanol–water partition coefficient (Wildman–Crippen LogP) is 3.51. The zero-order chi connectivity index (χ0) is 14.5. The fourth-order valence-electron chi connectivity index (χ4n) is 1.72. The van der Waals surface area contributed by atoms with Crippen LogP contribution in [0.1, 0.15) is 12.7 Å². The Bertz CT molecular complexity index is 607. The Morgan fingerprint density at radius 2 is 2.10 bits per heavy atom. The van der Waals surface area contributed by atoms with Crippen molar-refractivity contribution in [1.29, 1.82) is 0 Å². The van der Waals surface area contributed by atoms with E-state index in [2.05, 4.69) is 15.3 Å². The third kappa shape index (κ3) is 3.43. The molecule has 0 unspecified atom stereocenters. The molecule has 0 aliphatic rings. The number of ether oxygens (including phenoxy) is 1. The van der Waals surface area contributed by atoms with Crippen LogP contribution in [-0.2, 0) is 11.3 Å². The molecular formula is C14H15ClFN3O. The topological polar surface area (TPSA) is 47.0 Å². The SMILES string of the molecule is CCOCc1nc(NC)cc(-c2ccc(Cl)cc2F)n1. The third-order valence-electron chi connectivity index (χ3n) is 2.67. The molecule has 0 bridgehead atoms. The molecule has 0 fully saturated rings. The largest absolute Gasteiger partial charge is 0.374 e. The minimum absolute atomic E-state index is 0.286. The molecule has 0 amide bonds. The number of rotatable bonds is 5. The van der Waals surface area contributed by atoms with Crippen molar-refractivity contribution in [2.75, 3.05) is 19.0 Å². The molecule has 1 aromatic carbocycles. The van der Waals surface area contributed by atoms with Gasteiger partial charge in [-0.2, -0.15) is 0 Å². The summed E-state index contributed by atoms with van der Waals surface area (Å²) in [6, 6.07) is 6.18. The van der Waals surface area contributed by atoms with Crippen molar-refractivity contribution in [2.24, 2.45) is 0 Å². The number of hydrogen-bond acceptors (Lipinski definition) is 4. The van der Waals surface area contributed by atoms with Crippen LogP contribution < -0.4 is 5.32 Å². The van der Waals surface area contributed by atoms with E-state index in [4.69, 9.17) is 16.3 Å². The van der Waals surface area contributed by atoms with E-state index in [0.717, 1.165) is 0 Å². The van der Waals surface area contributed by atoms with Crippen LogP contribution >= 0.6 is 11.6 Å². The van der Waals surface area contributed by atoms with E-state index in [-0.39, 0.29) is 6.61 Å². The maximum absolute atomic E-state index is 14.0. The standard InChI is InChI=1S/C14H15ClFN3O/c1-3-20-8-14-18-12(7-13(17-2)19-14)10-5-4-9(15)6-11(10)16/h4-7H,3,8H2,1-2H3,(H,17,18,19). The van der Waals surface area contributed by atoms with Crippen molar-refractivity contribution in [3.8, 4) is 11.3 Å². The summed E-state index contributed by atoms with van der Waals surface area (Å²) in [5.74, 6) is 0.697. The first-order valence-corrected chi connectivity index (χ1v) is 6.60. The molecule has 0 atom stereocenters. The Balaban J connectivity index is 2.44. The van der Waals surface area contributed by atoms with Crippen molar-refractivity contribution >= 4 is 17.4 Å². The number of anilines is 1. The van der Waals surface area contributed by atoms with Crippen molar-refractivity contribution in [2.45, 2.75) is 13.5 Å². The normalized spacial score (nSPS) is 10.6. The fourth-order valence-corrected chi connectivity index (χ4v) is 1.88. The number of hydrogen-bond donors (Lipinski definition) is 1. The quantitative estimate of drug-likeness (QED) is 0.917. The third-order valence-corrected chi connectivity index (χ3v) is 2.91. The van der Waals surface area contributed by atoms with Crippen LogP contribution in [0.15, 0.2) is 24.3 Å². The lowest BCUT2D eigenvalue weighted by molar-refractivity contribution is 0.128. The van der Waals surface area contributed by atoms with Gasteiger partial charge in [-0.05, 0) is 25.1 Å². The maximum Gasteiger partial charge on any atom is 0.157 e. The van der Waals surface area contributed by atoms with Gasteiger partial charge in [0.25, 0.3) is 0 Å². The van der Waals surface area contributed by atoms with Gasteiger partial charge in [0.15, 0.2) is 5.82 Å². The summed E-state index contributed by atoms with van der Waals surface area (Å²) < 4.78 is 19.3. The summed E-state index contributed by atoms with van der Waals surface area (Å²) in [7, 11) is 1.74. The van der Waals surface area contributed by atoms with E-state index in [1.165, 1.54) is 6.07 Å². The highest BCUT2D eigenvalue weighted by Gasteiger charge is 2.11. The first kappa shape index (κ1) is 14.7. The number of benzene rings is 1. The number of nitrogens with zero attached hydrogens (tertiary/aromatic N) is 2. The van der Waals surface area contributed by atoms with Gasteiger partial charge in [0, 0.05) is 30.3 Å². The molecule has 0 aliphatic carbocycles. The zero-order valence-corrected chi connectivity index (χ0v) is 12.0. The molecule has 106 valence electrons. The summed E-state index contributed by atoms with van der Waals surface area (Å²) in [6.45, 7) is 2.74. The lowest BCUT2D eigenvalue weighted by Crippen LogP contribution is -2.04. The lowest BCUT2D eigenvalue weighted by Gasteiger charge is -2.09. The summed E-state index contributed by atoms with van der Waals surface area (Å²) >= 11 is 5.76. The lowest BCUT2D eigenvalue weighted by atomic mass is 10.1. The van der Waals surface area contributed by atoms with Crippen LogP contribution in [-0.4, -0.2) is 23.6 Å². The van der Waals surface area contributed by atoms with E-state index in [1.54, 1.807) is 25.2 Å². The molecule has 0 radical (unpaired) electrons. The molecule has 20 heavy (non-hydrogen) atoms. The van der Waals surface area contributed by atoms with E-state index in [1.807, 2.05) is 6.92 Å². The molecule has 1 aromatic heterocycles. The molecule has 1 heterocycles. The molecule has 2 aromatic rings. The molecule has 0 saturated heterocycles. The van der Waals surface area contributed by atoms with Gasteiger partial charge in [0.05, 0.1) is 5.69 Å². The second-order valence-corrected chi connectivity index (χ2v) is 4.50. The average Bonchev–Trinajstić information content (AvgIpc) is 2.44. The van der Waals surface area contributed by atoms with E-state index < -0.39 is 5.82 Å². The Morgan fingerprint density at radius 1 is 1.30 bits per heavy atom. The van der Waals surface area contributed by atoms with Crippen molar-refractivity contribution in [1.82, 2.24) is 9.97 Å². The van der Waals surface area contributed by atoms with E-state index in [9.17, 15) is 4.39 Å². The van der Waals surface area contributed by atoms with Gasteiger partial charge < -0.3 is 10.1 Å². The molecule has 2 rings (SSSR count). The molecule has 0 saturated carbocycles.